The molecule has 0 saturated heterocycles. The van der Waals surface area contributed by atoms with Gasteiger partial charge in [0.15, 0.2) is 0 Å². The molecule has 16 heavy (non-hydrogen) atoms. The average Bonchev–Trinajstić information content (AvgIpc) is 2.16. The van der Waals surface area contributed by atoms with Crippen LogP contribution in [-0.4, -0.2) is 16.6 Å². The van der Waals surface area contributed by atoms with Gasteiger partial charge in [0.2, 0.25) is 0 Å². The average molecular weight is 227 g/mol. The minimum atomic E-state index is -1.05. The van der Waals surface area contributed by atoms with Crippen LogP contribution < -0.4 is 5.73 Å². The minimum absolute atomic E-state index is 0.128. The summed E-state index contributed by atoms with van der Waals surface area (Å²) in [5, 5.41) is 9.09. The van der Waals surface area contributed by atoms with Crippen molar-refractivity contribution in [1.82, 2.24) is 0 Å². The van der Waals surface area contributed by atoms with Gasteiger partial charge in [-0.1, -0.05) is 20.8 Å². The standard InChI is InChI=1S/C13H25NO2/c1-12(2,3)9-5-7-10(8-6-9)13(4,14)11(15)16/h9-10H,5-8,14H2,1-4H3,(H,15,16). The van der Waals surface area contributed by atoms with Crippen LogP contribution in [0, 0.1) is 17.3 Å². The Bertz CT molecular complexity index is 258. The monoisotopic (exact) mass is 227 g/mol. The molecule has 0 radical (unpaired) electrons. The number of carboxylic acids is 1. The van der Waals surface area contributed by atoms with Crippen LogP contribution in [0.25, 0.3) is 0 Å². The van der Waals surface area contributed by atoms with Crippen LogP contribution in [0.4, 0.5) is 0 Å². The zero-order chi connectivity index (χ0) is 12.6. The van der Waals surface area contributed by atoms with E-state index < -0.39 is 11.5 Å². The van der Waals surface area contributed by atoms with Gasteiger partial charge in [-0.3, -0.25) is 4.79 Å². The maximum absolute atomic E-state index is 11.1. The van der Waals surface area contributed by atoms with Crippen molar-refractivity contribution in [3.63, 3.8) is 0 Å². The van der Waals surface area contributed by atoms with Crippen LogP contribution in [0.5, 0.6) is 0 Å². The molecule has 3 N–H and O–H groups in total. The largest absolute Gasteiger partial charge is 0.480 e. The summed E-state index contributed by atoms with van der Waals surface area (Å²) in [5.74, 6) is -0.0383. The first-order valence-electron chi connectivity index (χ1n) is 6.18. The highest BCUT2D eigenvalue weighted by Crippen LogP contribution is 2.42. The maximum Gasteiger partial charge on any atom is 0.323 e. The Morgan fingerprint density at radius 1 is 1.06 bits per heavy atom. The summed E-state index contributed by atoms with van der Waals surface area (Å²) in [6.07, 6.45) is 4.10. The smallest absolute Gasteiger partial charge is 0.323 e. The van der Waals surface area contributed by atoms with Gasteiger partial charge in [0.05, 0.1) is 0 Å². The first-order valence-corrected chi connectivity index (χ1v) is 6.18. The number of hydrogen-bond donors (Lipinski definition) is 2. The summed E-state index contributed by atoms with van der Waals surface area (Å²) < 4.78 is 0. The molecule has 0 aromatic rings. The molecule has 0 aliphatic heterocycles. The van der Waals surface area contributed by atoms with Gasteiger partial charge >= 0.3 is 5.97 Å². The first-order chi connectivity index (χ1) is 7.15. The van der Waals surface area contributed by atoms with Crippen LogP contribution in [-0.2, 0) is 4.79 Å². The van der Waals surface area contributed by atoms with Crippen LogP contribution in [0.1, 0.15) is 53.4 Å². The van der Waals surface area contributed by atoms with E-state index in [4.69, 9.17) is 10.8 Å². The van der Waals surface area contributed by atoms with Crippen molar-refractivity contribution in [1.29, 1.82) is 0 Å². The van der Waals surface area contributed by atoms with Crippen LogP contribution in [0.3, 0.4) is 0 Å². The lowest BCUT2D eigenvalue weighted by atomic mass is 9.66. The molecular formula is C13H25NO2. The molecule has 0 bridgehead atoms. The molecule has 0 aromatic heterocycles. The predicted molar refractivity (Wildman–Crippen MR) is 65.1 cm³/mol. The quantitative estimate of drug-likeness (QED) is 0.762. The fraction of sp³-hybridized carbons (Fsp3) is 0.923. The second-order valence-electron chi connectivity index (χ2n) is 6.50. The lowest BCUT2D eigenvalue weighted by molar-refractivity contribution is -0.145. The Labute approximate surface area is 98.4 Å². The Morgan fingerprint density at radius 2 is 1.44 bits per heavy atom. The summed E-state index contributed by atoms with van der Waals surface area (Å²) in [6.45, 7) is 8.43. The second-order valence-corrected chi connectivity index (χ2v) is 6.50. The van der Waals surface area contributed by atoms with Crippen molar-refractivity contribution in [2.24, 2.45) is 23.0 Å². The summed E-state index contributed by atoms with van der Waals surface area (Å²) in [4.78, 5) is 11.1. The van der Waals surface area contributed by atoms with Crippen molar-refractivity contribution >= 4 is 5.97 Å². The summed E-state index contributed by atoms with van der Waals surface area (Å²) >= 11 is 0. The molecule has 0 aromatic carbocycles. The van der Waals surface area contributed by atoms with E-state index in [1.54, 1.807) is 6.92 Å². The fourth-order valence-electron chi connectivity index (χ4n) is 2.73. The lowest BCUT2D eigenvalue weighted by Gasteiger charge is -2.40. The normalized spacial score (nSPS) is 30.8. The molecule has 1 saturated carbocycles. The van der Waals surface area contributed by atoms with Crippen LogP contribution in [0.2, 0.25) is 0 Å². The van der Waals surface area contributed by atoms with Gasteiger partial charge in [0.25, 0.3) is 0 Å². The van der Waals surface area contributed by atoms with Gasteiger partial charge in [-0.15, -0.1) is 0 Å². The molecule has 1 unspecified atom stereocenters. The molecule has 3 nitrogen and oxygen atoms in total. The molecule has 3 heteroatoms. The number of carboxylic acid groups (broad SMARTS) is 1. The summed E-state index contributed by atoms with van der Waals surface area (Å²) in [7, 11) is 0. The van der Waals surface area contributed by atoms with Gasteiger partial charge in [0, 0.05) is 0 Å². The molecule has 0 heterocycles. The molecular weight excluding hydrogens is 202 g/mol. The molecule has 1 atom stereocenters. The van der Waals surface area contributed by atoms with Gasteiger partial charge in [0.1, 0.15) is 5.54 Å². The van der Waals surface area contributed by atoms with Crippen molar-refractivity contribution < 1.29 is 9.90 Å². The third-order valence-corrected chi connectivity index (χ3v) is 4.26. The van der Waals surface area contributed by atoms with Crippen molar-refractivity contribution in [2.45, 2.75) is 58.9 Å². The summed E-state index contributed by atoms with van der Waals surface area (Å²) in [5.41, 5.74) is 5.17. The topological polar surface area (TPSA) is 63.3 Å². The molecule has 94 valence electrons. The Kier molecular flexibility index (Phi) is 3.68. The third kappa shape index (κ3) is 2.76. The van der Waals surface area contributed by atoms with Crippen LogP contribution >= 0.6 is 0 Å². The van der Waals surface area contributed by atoms with E-state index in [2.05, 4.69) is 20.8 Å². The number of rotatable bonds is 2. The van der Waals surface area contributed by atoms with Gasteiger partial charge < -0.3 is 10.8 Å². The lowest BCUT2D eigenvalue weighted by Crippen LogP contribution is -2.52. The molecule has 1 rings (SSSR count). The second kappa shape index (κ2) is 4.36. The predicted octanol–water partition coefficient (Wildman–Crippen LogP) is 2.64. The van der Waals surface area contributed by atoms with E-state index >= 15 is 0 Å². The number of nitrogens with two attached hydrogens (primary N) is 1. The highest BCUT2D eigenvalue weighted by molar-refractivity contribution is 5.78. The van der Waals surface area contributed by atoms with Crippen LogP contribution in [0.15, 0.2) is 0 Å². The van der Waals surface area contributed by atoms with E-state index in [9.17, 15) is 4.79 Å². The molecule has 1 fully saturated rings. The Hall–Kier alpha value is -0.570. The number of carbonyl (C=O) groups is 1. The minimum Gasteiger partial charge on any atom is -0.480 e. The Balaban J connectivity index is 2.59. The van der Waals surface area contributed by atoms with Crippen molar-refractivity contribution in [2.75, 3.05) is 0 Å². The van der Waals surface area contributed by atoms with E-state index in [-0.39, 0.29) is 5.92 Å². The third-order valence-electron chi connectivity index (χ3n) is 4.26. The van der Waals surface area contributed by atoms with Gasteiger partial charge in [-0.25, -0.2) is 0 Å². The van der Waals surface area contributed by atoms with E-state index in [0.29, 0.717) is 11.3 Å². The van der Waals surface area contributed by atoms with Crippen molar-refractivity contribution in [3.8, 4) is 0 Å². The zero-order valence-corrected chi connectivity index (χ0v) is 10.9. The number of aliphatic carboxylic acids is 1. The zero-order valence-electron chi connectivity index (χ0n) is 10.9. The first kappa shape index (κ1) is 13.5. The van der Waals surface area contributed by atoms with E-state index in [1.807, 2.05) is 0 Å². The van der Waals surface area contributed by atoms with Gasteiger partial charge in [-0.05, 0) is 49.9 Å². The highest BCUT2D eigenvalue weighted by atomic mass is 16.4. The highest BCUT2D eigenvalue weighted by Gasteiger charge is 2.41. The summed E-state index contributed by atoms with van der Waals surface area (Å²) in [6, 6.07) is 0. The van der Waals surface area contributed by atoms with E-state index in [0.717, 1.165) is 25.7 Å². The maximum atomic E-state index is 11.1. The van der Waals surface area contributed by atoms with Crippen molar-refractivity contribution in [3.05, 3.63) is 0 Å². The Morgan fingerprint density at radius 3 is 1.75 bits per heavy atom. The molecule has 1 aliphatic carbocycles. The molecule has 1 aliphatic rings. The number of hydrogen-bond acceptors (Lipinski definition) is 2. The SMILES string of the molecule is CC(C)(C)C1CCC(C(C)(N)C(=O)O)CC1. The molecule has 0 spiro atoms. The molecule has 0 amide bonds. The van der Waals surface area contributed by atoms with E-state index in [1.165, 1.54) is 0 Å². The van der Waals surface area contributed by atoms with Gasteiger partial charge in [-0.2, -0.15) is 0 Å². The fourth-order valence-corrected chi connectivity index (χ4v) is 2.73.